The standard InChI is InChI=1S/C18H26ClN5O.C2H6/c1-13(20-3)17-18(19)21-4-5-24(17)12-15-10-16(11-15)23-8-6-22(7-9-23)14(2)25;1-2/h4-5,15-16H,3,6-12H2,1-2H3;1-2H3/b17-13-;. The molecule has 2 aliphatic heterocycles. The first-order chi connectivity index (χ1) is 13.0. The van der Waals surface area contributed by atoms with Crippen molar-refractivity contribution in [1.82, 2.24) is 14.7 Å². The van der Waals surface area contributed by atoms with Crippen LogP contribution >= 0.6 is 11.6 Å². The Morgan fingerprint density at radius 3 is 2.44 bits per heavy atom. The molecule has 0 radical (unpaired) electrons. The number of rotatable bonds is 4. The Morgan fingerprint density at radius 2 is 1.89 bits per heavy atom. The SMILES string of the molecule is C=N/C(C)=C1/C(Cl)=NC=CN1CC1CC(N2CCN(C(C)=O)CC2)C1.CC. The van der Waals surface area contributed by atoms with E-state index in [-0.39, 0.29) is 5.91 Å². The summed E-state index contributed by atoms with van der Waals surface area (Å²) in [6.45, 7) is 15.8. The quantitative estimate of drug-likeness (QED) is 0.688. The lowest BCUT2D eigenvalue weighted by molar-refractivity contribution is -0.131. The van der Waals surface area contributed by atoms with E-state index in [9.17, 15) is 4.79 Å². The maximum Gasteiger partial charge on any atom is 0.219 e. The van der Waals surface area contributed by atoms with E-state index in [0.717, 1.165) is 44.1 Å². The zero-order chi connectivity index (χ0) is 20.0. The van der Waals surface area contributed by atoms with Crippen LogP contribution in [-0.4, -0.2) is 71.3 Å². The van der Waals surface area contributed by atoms with Crippen molar-refractivity contribution in [3.05, 3.63) is 23.8 Å². The lowest BCUT2D eigenvalue weighted by Gasteiger charge is -2.47. The molecule has 2 heterocycles. The Morgan fingerprint density at radius 1 is 1.26 bits per heavy atom. The molecule has 3 aliphatic rings. The lowest BCUT2D eigenvalue weighted by atomic mass is 9.78. The van der Waals surface area contributed by atoms with Gasteiger partial charge < -0.3 is 9.80 Å². The number of allylic oxidation sites excluding steroid dienone is 2. The number of piperazine rings is 1. The minimum atomic E-state index is 0.187. The second-order valence-corrected chi connectivity index (χ2v) is 7.35. The van der Waals surface area contributed by atoms with Gasteiger partial charge in [-0.15, -0.1) is 0 Å². The molecule has 0 aromatic carbocycles. The fourth-order valence-corrected chi connectivity index (χ4v) is 4.15. The van der Waals surface area contributed by atoms with Crippen molar-refractivity contribution in [3.63, 3.8) is 0 Å². The molecule has 6 nitrogen and oxygen atoms in total. The Kier molecular flexibility index (Phi) is 8.05. The fraction of sp³-hybridized carbons (Fsp3) is 0.650. The van der Waals surface area contributed by atoms with Gasteiger partial charge >= 0.3 is 0 Å². The highest BCUT2D eigenvalue weighted by Gasteiger charge is 2.36. The molecule has 0 bridgehead atoms. The third kappa shape index (κ3) is 5.20. The van der Waals surface area contributed by atoms with Crippen LogP contribution in [0.2, 0.25) is 0 Å². The van der Waals surface area contributed by atoms with Gasteiger partial charge in [0.05, 0.1) is 5.70 Å². The van der Waals surface area contributed by atoms with Gasteiger partial charge in [0.1, 0.15) is 5.70 Å². The van der Waals surface area contributed by atoms with E-state index in [1.807, 2.05) is 31.9 Å². The average molecular weight is 394 g/mol. The number of halogens is 1. The first-order valence-corrected chi connectivity index (χ1v) is 10.2. The number of hydrogen-bond acceptors (Lipinski definition) is 5. The molecule has 0 atom stereocenters. The van der Waals surface area contributed by atoms with Gasteiger partial charge in [-0.2, -0.15) is 0 Å². The van der Waals surface area contributed by atoms with E-state index in [0.29, 0.717) is 17.1 Å². The fourth-order valence-electron chi connectivity index (χ4n) is 3.85. The molecule has 0 N–H and O–H groups in total. The second kappa shape index (κ2) is 10.0. The summed E-state index contributed by atoms with van der Waals surface area (Å²) in [6, 6.07) is 0.642. The van der Waals surface area contributed by atoms with Crippen LogP contribution in [-0.2, 0) is 4.79 Å². The molecule has 150 valence electrons. The van der Waals surface area contributed by atoms with Crippen molar-refractivity contribution in [1.29, 1.82) is 0 Å². The molecule has 2 fully saturated rings. The van der Waals surface area contributed by atoms with Crippen LogP contribution in [0.15, 0.2) is 33.8 Å². The molecule has 27 heavy (non-hydrogen) atoms. The second-order valence-electron chi connectivity index (χ2n) is 7.00. The Balaban J connectivity index is 0.00000126. The van der Waals surface area contributed by atoms with Crippen LogP contribution in [0, 0.1) is 5.92 Å². The van der Waals surface area contributed by atoms with Gasteiger partial charge in [-0.25, -0.2) is 4.99 Å². The number of carbonyl (C=O) groups is 1. The summed E-state index contributed by atoms with van der Waals surface area (Å²) in [7, 11) is 0. The third-order valence-corrected chi connectivity index (χ3v) is 5.72. The maximum atomic E-state index is 11.4. The third-order valence-electron chi connectivity index (χ3n) is 5.44. The van der Waals surface area contributed by atoms with E-state index in [2.05, 4.69) is 26.5 Å². The molecule has 3 rings (SSSR count). The van der Waals surface area contributed by atoms with Crippen molar-refractivity contribution in [3.8, 4) is 0 Å². The van der Waals surface area contributed by atoms with Gasteiger partial charge in [-0.05, 0) is 32.4 Å². The molecular formula is C20H32ClN5O. The molecular weight excluding hydrogens is 362 g/mol. The van der Waals surface area contributed by atoms with Gasteiger partial charge in [0, 0.05) is 58.1 Å². The van der Waals surface area contributed by atoms with E-state index in [4.69, 9.17) is 11.6 Å². The predicted octanol–water partition coefficient (Wildman–Crippen LogP) is 3.31. The van der Waals surface area contributed by atoms with Crippen molar-refractivity contribution >= 4 is 29.4 Å². The van der Waals surface area contributed by atoms with Gasteiger partial charge in [-0.3, -0.25) is 14.7 Å². The topological polar surface area (TPSA) is 51.5 Å². The Bertz CT molecular complexity index is 628. The van der Waals surface area contributed by atoms with Gasteiger partial charge in [-0.1, -0.05) is 25.4 Å². The summed E-state index contributed by atoms with van der Waals surface area (Å²) in [6.07, 6.45) is 6.08. The summed E-state index contributed by atoms with van der Waals surface area (Å²) >= 11 is 6.26. The van der Waals surface area contributed by atoms with Crippen LogP contribution in [0.5, 0.6) is 0 Å². The summed E-state index contributed by atoms with van der Waals surface area (Å²) in [5, 5.41) is 0.476. The predicted molar refractivity (Wildman–Crippen MR) is 113 cm³/mol. The van der Waals surface area contributed by atoms with Crippen molar-refractivity contribution in [2.75, 3.05) is 32.7 Å². The Hall–Kier alpha value is -1.66. The zero-order valence-corrected chi connectivity index (χ0v) is 17.7. The van der Waals surface area contributed by atoms with Crippen molar-refractivity contribution < 1.29 is 4.79 Å². The highest BCUT2D eigenvalue weighted by atomic mass is 35.5. The van der Waals surface area contributed by atoms with Crippen LogP contribution in [0.3, 0.4) is 0 Å². The van der Waals surface area contributed by atoms with Gasteiger partial charge in [0.2, 0.25) is 5.91 Å². The number of carbonyl (C=O) groups excluding carboxylic acids is 1. The zero-order valence-electron chi connectivity index (χ0n) is 17.0. The largest absolute Gasteiger partial charge is 0.342 e. The van der Waals surface area contributed by atoms with Crippen molar-refractivity contribution in [2.24, 2.45) is 15.9 Å². The van der Waals surface area contributed by atoms with Gasteiger partial charge in [0.15, 0.2) is 5.17 Å². The number of hydrogen-bond donors (Lipinski definition) is 0. The minimum absolute atomic E-state index is 0.187. The molecule has 0 unspecified atom stereocenters. The van der Waals surface area contributed by atoms with Crippen LogP contribution in [0.1, 0.15) is 40.5 Å². The highest BCUT2D eigenvalue weighted by molar-refractivity contribution is 6.69. The Labute approximate surface area is 168 Å². The summed E-state index contributed by atoms with van der Waals surface area (Å²) in [4.78, 5) is 26.2. The maximum absolute atomic E-state index is 11.4. The molecule has 1 saturated carbocycles. The van der Waals surface area contributed by atoms with E-state index >= 15 is 0 Å². The summed E-state index contributed by atoms with van der Waals surface area (Å²) < 4.78 is 0. The number of nitrogens with zero attached hydrogens (tertiary/aromatic N) is 5. The molecule has 7 heteroatoms. The highest BCUT2D eigenvalue weighted by Crippen LogP contribution is 2.35. The van der Waals surface area contributed by atoms with Gasteiger partial charge in [0.25, 0.3) is 0 Å². The lowest BCUT2D eigenvalue weighted by Crippen LogP contribution is -2.55. The summed E-state index contributed by atoms with van der Waals surface area (Å²) in [5.41, 5.74) is 1.66. The number of amides is 1. The van der Waals surface area contributed by atoms with Crippen LogP contribution < -0.4 is 0 Å². The molecule has 1 saturated heterocycles. The molecule has 1 aliphatic carbocycles. The monoisotopic (exact) mass is 393 g/mol. The number of aliphatic imine (C=N–C) groups is 2. The smallest absolute Gasteiger partial charge is 0.219 e. The molecule has 0 aromatic heterocycles. The normalized spacial score (nSPS) is 27.2. The summed E-state index contributed by atoms with van der Waals surface area (Å²) in [5.74, 6) is 0.822. The first kappa shape index (κ1) is 21.6. The molecule has 1 amide bonds. The van der Waals surface area contributed by atoms with E-state index < -0.39 is 0 Å². The van der Waals surface area contributed by atoms with Crippen LogP contribution in [0.25, 0.3) is 0 Å². The van der Waals surface area contributed by atoms with E-state index in [1.165, 1.54) is 12.8 Å². The minimum Gasteiger partial charge on any atom is -0.342 e. The average Bonchev–Trinajstić information content (AvgIpc) is 2.65. The molecule has 0 aromatic rings. The molecule has 0 spiro atoms. The van der Waals surface area contributed by atoms with Crippen LogP contribution in [0.4, 0.5) is 0 Å². The van der Waals surface area contributed by atoms with Crippen molar-refractivity contribution in [2.45, 2.75) is 46.6 Å². The first-order valence-electron chi connectivity index (χ1n) is 9.83. The van der Waals surface area contributed by atoms with E-state index in [1.54, 1.807) is 13.1 Å².